The van der Waals surface area contributed by atoms with Gasteiger partial charge in [0.1, 0.15) is 5.82 Å². The van der Waals surface area contributed by atoms with Crippen molar-refractivity contribution >= 4 is 11.8 Å². The van der Waals surface area contributed by atoms with Crippen LogP contribution in [0, 0.1) is 6.92 Å². The summed E-state index contributed by atoms with van der Waals surface area (Å²) in [6, 6.07) is 0. The Morgan fingerprint density at radius 3 is 2.24 bits per heavy atom. The molecule has 0 saturated carbocycles. The number of hydrazine groups is 1. The lowest BCUT2D eigenvalue weighted by molar-refractivity contribution is 0.788. The van der Waals surface area contributed by atoms with Crippen LogP contribution < -0.4 is 16.2 Å². The van der Waals surface area contributed by atoms with Gasteiger partial charge in [-0.2, -0.15) is 4.98 Å². The van der Waals surface area contributed by atoms with Gasteiger partial charge >= 0.3 is 0 Å². The molecule has 1 aromatic rings. The van der Waals surface area contributed by atoms with Gasteiger partial charge in [0.2, 0.25) is 5.95 Å². The normalized spacial score (nSPS) is 10.8. The van der Waals surface area contributed by atoms with Gasteiger partial charge in [-0.25, -0.2) is 10.8 Å². The summed E-state index contributed by atoms with van der Waals surface area (Å²) in [5.74, 6) is 7.38. The molecule has 0 aliphatic rings. The first-order chi connectivity index (χ1) is 8.04. The minimum Gasteiger partial charge on any atom is -0.341 e. The number of anilines is 2. The van der Waals surface area contributed by atoms with Gasteiger partial charge in [-0.05, 0) is 26.7 Å². The van der Waals surface area contributed by atoms with Crippen LogP contribution in [0.5, 0.6) is 0 Å². The van der Waals surface area contributed by atoms with Crippen LogP contribution in [-0.4, -0.2) is 23.1 Å². The molecule has 0 atom stereocenters. The predicted molar refractivity (Wildman–Crippen MR) is 72.2 cm³/mol. The Labute approximate surface area is 103 Å². The third-order valence-electron chi connectivity index (χ3n) is 2.88. The van der Waals surface area contributed by atoms with E-state index in [-0.39, 0.29) is 0 Å². The highest BCUT2D eigenvalue weighted by Crippen LogP contribution is 2.26. The number of hydrogen-bond acceptors (Lipinski definition) is 5. The minimum atomic E-state index is 0.354. The van der Waals surface area contributed by atoms with Crippen molar-refractivity contribution in [2.75, 3.05) is 23.4 Å². The van der Waals surface area contributed by atoms with Crippen molar-refractivity contribution in [3.8, 4) is 0 Å². The third-order valence-corrected chi connectivity index (χ3v) is 2.88. The van der Waals surface area contributed by atoms with E-state index in [0.29, 0.717) is 5.92 Å². The molecule has 5 heteroatoms. The summed E-state index contributed by atoms with van der Waals surface area (Å²) >= 11 is 0. The molecule has 0 fully saturated rings. The predicted octanol–water partition coefficient (Wildman–Crippen LogP) is 2.04. The van der Waals surface area contributed by atoms with Gasteiger partial charge in [-0.1, -0.05) is 13.8 Å². The third kappa shape index (κ3) is 2.85. The van der Waals surface area contributed by atoms with Crippen LogP contribution in [-0.2, 0) is 0 Å². The van der Waals surface area contributed by atoms with Crippen molar-refractivity contribution in [1.82, 2.24) is 9.97 Å². The van der Waals surface area contributed by atoms with Crippen LogP contribution in [0.3, 0.4) is 0 Å². The lowest BCUT2D eigenvalue weighted by Gasteiger charge is -2.22. The Bertz CT molecular complexity index is 371. The van der Waals surface area contributed by atoms with Crippen LogP contribution in [0.2, 0.25) is 0 Å². The Balaban J connectivity index is 3.26. The first-order valence-electron chi connectivity index (χ1n) is 6.15. The second kappa shape index (κ2) is 5.82. The SMILES string of the molecule is CCN(CC)c1nc(C)c(C(C)C)c(NN)n1. The molecule has 5 nitrogen and oxygen atoms in total. The average molecular weight is 237 g/mol. The van der Waals surface area contributed by atoms with E-state index in [1.807, 2.05) is 6.92 Å². The molecule has 0 bridgehead atoms. The largest absolute Gasteiger partial charge is 0.341 e. The van der Waals surface area contributed by atoms with E-state index in [0.717, 1.165) is 36.1 Å². The number of nitrogens with zero attached hydrogens (tertiary/aromatic N) is 3. The summed E-state index contributed by atoms with van der Waals surface area (Å²) in [7, 11) is 0. The molecule has 1 heterocycles. The second-order valence-corrected chi connectivity index (χ2v) is 4.34. The zero-order valence-corrected chi connectivity index (χ0v) is 11.4. The van der Waals surface area contributed by atoms with Gasteiger partial charge in [0.25, 0.3) is 0 Å². The summed E-state index contributed by atoms with van der Waals surface area (Å²) < 4.78 is 0. The molecule has 1 rings (SSSR count). The van der Waals surface area contributed by atoms with Crippen molar-refractivity contribution in [1.29, 1.82) is 0 Å². The van der Waals surface area contributed by atoms with Crippen LogP contribution in [0.1, 0.15) is 44.9 Å². The second-order valence-electron chi connectivity index (χ2n) is 4.34. The van der Waals surface area contributed by atoms with E-state index in [1.165, 1.54) is 0 Å². The fourth-order valence-electron chi connectivity index (χ4n) is 2.02. The standard InChI is InChI=1S/C12H23N5/c1-6-17(7-2)12-14-9(5)10(8(3)4)11(15-12)16-13/h8H,6-7,13H2,1-5H3,(H,14,15,16). The first-order valence-corrected chi connectivity index (χ1v) is 6.15. The van der Waals surface area contributed by atoms with Gasteiger partial charge in [0.15, 0.2) is 0 Å². The highest BCUT2D eigenvalue weighted by Gasteiger charge is 2.16. The van der Waals surface area contributed by atoms with Gasteiger partial charge in [-0.3, -0.25) is 0 Å². The maximum atomic E-state index is 5.55. The van der Waals surface area contributed by atoms with Crippen LogP contribution in [0.25, 0.3) is 0 Å². The molecule has 0 aromatic carbocycles. The molecule has 0 amide bonds. The van der Waals surface area contributed by atoms with E-state index in [9.17, 15) is 0 Å². The van der Waals surface area contributed by atoms with E-state index in [1.54, 1.807) is 0 Å². The summed E-state index contributed by atoms with van der Waals surface area (Å²) in [6.07, 6.45) is 0. The molecule has 0 spiro atoms. The number of rotatable bonds is 5. The molecular formula is C12H23N5. The van der Waals surface area contributed by atoms with Crippen LogP contribution in [0.4, 0.5) is 11.8 Å². The van der Waals surface area contributed by atoms with Crippen molar-refractivity contribution in [2.45, 2.75) is 40.5 Å². The fourth-order valence-corrected chi connectivity index (χ4v) is 2.02. The maximum Gasteiger partial charge on any atom is 0.227 e. The number of nitrogen functional groups attached to an aromatic ring is 1. The highest BCUT2D eigenvalue weighted by atomic mass is 15.3. The summed E-state index contributed by atoms with van der Waals surface area (Å²) in [5.41, 5.74) is 4.76. The minimum absolute atomic E-state index is 0.354. The molecule has 0 saturated heterocycles. The number of nitrogens with two attached hydrogens (primary N) is 1. The molecule has 0 aliphatic carbocycles. The smallest absolute Gasteiger partial charge is 0.227 e. The highest BCUT2D eigenvalue weighted by molar-refractivity contribution is 5.51. The van der Waals surface area contributed by atoms with E-state index >= 15 is 0 Å². The molecule has 96 valence electrons. The average Bonchev–Trinajstić information content (AvgIpc) is 2.29. The van der Waals surface area contributed by atoms with E-state index in [4.69, 9.17) is 5.84 Å². The molecule has 0 unspecified atom stereocenters. The molecule has 0 aliphatic heterocycles. The lowest BCUT2D eigenvalue weighted by Crippen LogP contribution is -2.26. The Kier molecular flexibility index (Phi) is 4.69. The number of hydrogen-bond donors (Lipinski definition) is 2. The topological polar surface area (TPSA) is 67.1 Å². The zero-order chi connectivity index (χ0) is 13.0. The van der Waals surface area contributed by atoms with Gasteiger partial charge in [-0.15, -0.1) is 0 Å². The molecular weight excluding hydrogens is 214 g/mol. The molecule has 0 radical (unpaired) electrons. The van der Waals surface area contributed by atoms with E-state index in [2.05, 4.69) is 48.0 Å². The number of nitrogens with one attached hydrogen (secondary N) is 1. The number of aryl methyl sites for hydroxylation is 1. The lowest BCUT2D eigenvalue weighted by atomic mass is 10.0. The Hall–Kier alpha value is -1.36. The van der Waals surface area contributed by atoms with Crippen molar-refractivity contribution in [3.63, 3.8) is 0 Å². The summed E-state index contributed by atoms with van der Waals surface area (Å²) in [5, 5.41) is 0. The van der Waals surface area contributed by atoms with Gasteiger partial charge < -0.3 is 10.3 Å². The molecule has 1 aromatic heterocycles. The van der Waals surface area contributed by atoms with Crippen molar-refractivity contribution < 1.29 is 0 Å². The number of aromatic nitrogens is 2. The quantitative estimate of drug-likeness (QED) is 0.606. The molecule has 17 heavy (non-hydrogen) atoms. The molecule has 3 N–H and O–H groups in total. The van der Waals surface area contributed by atoms with Crippen LogP contribution in [0.15, 0.2) is 0 Å². The van der Waals surface area contributed by atoms with E-state index < -0.39 is 0 Å². The monoisotopic (exact) mass is 237 g/mol. The summed E-state index contributed by atoms with van der Waals surface area (Å²) in [6.45, 7) is 12.2. The first kappa shape index (κ1) is 13.7. The van der Waals surface area contributed by atoms with Crippen LogP contribution >= 0.6 is 0 Å². The fraction of sp³-hybridized carbons (Fsp3) is 0.667. The Morgan fingerprint density at radius 2 is 1.82 bits per heavy atom. The summed E-state index contributed by atoms with van der Waals surface area (Å²) in [4.78, 5) is 11.2. The van der Waals surface area contributed by atoms with Crippen molar-refractivity contribution in [2.24, 2.45) is 5.84 Å². The van der Waals surface area contributed by atoms with Crippen molar-refractivity contribution in [3.05, 3.63) is 11.3 Å². The Morgan fingerprint density at radius 1 is 1.24 bits per heavy atom. The van der Waals surface area contributed by atoms with Gasteiger partial charge in [0.05, 0.1) is 0 Å². The zero-order valence-electron chi connectivity index (χ0n) is 11.4. The maximum absolute atomic E-state index is 5.55. The van der Waals surface area contributed by atoms with Gasteiger partial charge in [0, 0.05) is 24.3 Å².